The van der Waals surface area contributed by atoms with Crippen molar-refractivity contribution in [2.75, 3.05) is 25.6 Å². The van der Waals surface area contributed by atoms with Gasteiger partial charge in [-0.1, -0.05) is 12.1 Å². The molecule has 24 heavy (non-hydrogen) atoms. The van der Waals surface area contributed by atoms with Crippen LogP contribution in [-0.2, 0) is 13.5 Å². The Labute approximate surface area is 142 Å². The third-order valence-corrected chi connectivity index (χ3v) is 4.19. The van der Waals surface area contributed by atoms with Crippen LogP contribution in [0.3, 0.4) is 0 Å². The van der Waals surface area contributed by atoms with E-state index >= 15 is 0 Å². The number of imidazole rings is 1. The molecule has 0 unspecified atom stereocenters. The minimum atomic E-state index is -0.0621. The number of hydrogen-bond acceptors (Lipinski definition) is 4. The van der Waals surface area contributed by atoms with Gasteiger partial charge in [0.1, 0.15) is 0 Å². The minimum absolute atomic E-state index is 0.0546. The standard InChI is InChI=1S/C18H23N5O/c1-21(2)16-6-4-14(5-7-16)8-17(12-24)23-13-19-10-18(23)15-9-20-22(3)11-15/h4-7,9-11,13,17,24H,8,12H2,1-3H3/t17-/m0/s1. The van der Waals surface area contributed by atoms with Gasteiger partial charge in [0.15, 0.2) is 0 Å². The summed E-state index contributed by atoms with van der Waals surface area (Å²) in [6.07, 6.45) is 8.10. The number of nitrogens with zero attached hydrogens (tertiary/aromatic N) is 5. The topological polar surface area (TPSA) is 59.1 Å². The van der Waals surface area contributed by atoms with Crippen LogP contribution >= 0.6 is 0 Å². The third-order valence-electron chi connectivity index (χ3n) is 4.19. The third kappa shape index (κ3) is 3.33. The van der Waals surface area contributed by atoms with Crippen molar-refractivity contribution in [2.45, 2.75) is 12.5 Å². The smallest absolute Gasteiger partial charge is 0.0954 e. The molecule has 6 heteroatoms. The van der Waals surface area contributed by atoms with E-state index in [1.165, 1.54) is 5.56 Å². The zero-order valence-corrected chi connectivity index (χ0v) is 14.3. The molecule has 6 nitrogen and oxygen atoms in total. The summed E-state index contributed by atoms with van der Waals surface area (Å²) in [6.45, 7) is 0.0546. The van der Waals surface area contributed by atoms with E-state index in [0.29, 0.717) is 0 Å². The second-order valence-corrected chi connectivity index (χ2v) is 6.19. The van der Waals surface area contributed by atoms with Gasteiger partial charge in [0.25, 0.3) is 0 Å². The Morgan fingerprint density at radius 2 is 1.92 bits per heavy atom. The fraction of sp³-hybridized carbons (Fsp3) is 0.333. The van der Waals surface area contributed by atoms with Crippen molar-refractivity contribution in [3.8, 4) is 11.3 Å². The van der Waals surface area contributed by atoms with E-state index in [1.807, 2.05) is 44.3 Å². The molecule has 1 atom stereocenters. The molecular weight excluding hydrogens is 302 g/mol. The molecule has 0 aliphatic heterocycles. The molecular formula is C18H23N5O. The number of anilines is 1. The van der Waals surface area contributed by atoms with Gasteiger partial charge in [-0.05, 0) is 24.1 Å². The van der Waals surface area contributed by atoms with Gasteiger partial charge in [-0.3, -0.25) is 4.68 Å². The van der Waals surface area contributed by atoms with Gasteiger partial charge in [0.2, 0.25) is 0 Å². The average molecular weight is 325 g/mol. The molecule has 2 heterocycles. The average Bonchev–Trinajstić information content (AvgIpc) is 3.21. The molecule has 1 N–H and O–H groups in total. The molecule has 0 radical (unpaired) electrons. The van der Waals surface area contributed by atoms with E-state index in [1.54, 1.807) is 11.0 Å². The largest absolute Gasteiger partial charge is 0.394 e. The van der Waals surface area contributed by atoms with Crippen LogP contribution in [0.15, 0.2) is 49.2 Å². The highest BCUT2D eigenvalue weighted by Gasteiger charge is 2.16. The quantitative estimate of drug-likeness (QED) is 0.754. The maximum absolute atomic E-state index is 9.90. The first-order valence-corrected chi connectivity index (χ1v) is 7.96. The Morgan fingerprint density at radius 3 is 2.50 bits per heavy atom. The number of benzene rings is 1. The van der Waals surface area contributed by atoms with Gasteiger partial charge < -0.3 is 14.6 Å². The lowest BCUT2D eigenvalue weighted by Crippen LogP contribution is -2.16. The SMILES string of the molecule is CN(C)c1ccc(C[C@@H](CO)n2cncc2-c2cnn(C)c2)cc1. The van der Waals surface area contributed by atoms with Crippen LogP contribution in [0.5, 0.6) is 0 Å². The maximum atomic E-state index is 9.90. The van der Waals surface area contributed by atoms with Crippen molar-refractivity contribution >= 4 is 5.69 Å². The summed E-state index contributed by atoms with van der Waals surface area (Å²) in [5, 5.41) is 14.1. The Balaban J connectivity index is 1.83. The Kier molecular flexibility index (Phi) is 4.66. The van der Waals surface area contributed by atoms with Gasteiger partial charge in [-0.15, -0.1) is 0 Å². The lowest BCUT2D eigenvalue weighted by atomic mass is 10.1. The first-order valence-electron chi connectivity index (χ1n) is 7.96. The second-order valence-electron chi connectivity index (χ2n) is 6.19. The number of hydrogen-bond donors (Lipinski definition) is 1. The van der Waals surface area contributed by atoms with Crippen molar-refractivity contribution in [1.29, 1.82) is 0 Å². The van der Waals surface area contributed by atoms with E-state index in [-0.39, 0.29) is 12.6 Å². The number of aliphatic hydroxyl groups excluding tert-OH is 1. The molecule has 0 aliphatic carbocycles. The van der Waals surface area contributed by atoms with Gasteiger partial charge in [0, 0.05) is 38.6 Å². The number of aromatic nitrogens is 4. The van der Waals surface area contributed by atoms with Crippen molar-refractivity contribution in [2.24, 2.45) is 7.05 Å². The number of rotatable bonds is 6. The Bertz CT molecular complexity index is 788. The zero-order valence-electron chi connectivity index (χ0n) is 14.3. The van der Waals surface area contributed by atoms with Crippen molar-refractivity contribution in [1.82, 2.24) is 19.3 Å². The summed E-state index contributed by atoms with van der Waals surface area (Å²) < 4.78 is 3.79. The molecule has 0 aliphatic rings. The van der Waals surface area contributed by atoms with Crippen LogP contribution in [0.2, 0.25) is 0 Å². The number of aliphatic hydroxyl groups is 1. The van der Waals surface area contributed by atoms with Crippen LogP contribution in [-0.4, -0.2) is 45.1 Å². The molecule has 126 valence electrons. The van der Waals surface area contributed by atoms with Crippen LogP contribution in [0.25, 0.3) is 11.3 Å². The van der Waals surface area contributed by atoms with E-state index < -0.39 is 0 Å². The second kappa shape index (κ2) is 6.88. The van der Waals surface area contributed by atoms with Crippen molar-refractivity contribution in [3.63, 3.8) is 0 Å². The summed E-state index contributed by atoms with van der Waals surface area (Å²) >= 11 is 0. The van der Waals surface area contributed by atoms with Gasteiger partial charge in [0.05, 0.1) is 37.1 Å². The summed E-state index contributed by atoms with van der Waals surface area (Å²) in [4.78, 5) is 6.34. The Hall–Kier alpha value is -2.60. The zero-order chi connectivity index (χ0) is 17.1. The monoisotopic (exact) mass is 325 g/mol. The van der Waals surface area contributed by atoms with Crippen molar-refractivity contribution < 1.29 is 5.11 Å². The maximum Gasteiger partial charge on any atom is 0.0954 e. The molecule has 1 aromatic carbocycles. The first-order chi connectivity index (χ1) is 11.6. The minimum Gasteiger partial charge on any atom is -0.394 e. The van der Waals surface area contributed by atoms with E-state index in [4.69, 9.17) is 0 Å². The Morgan fingerprint density at radius 1 is 1.17 bits per heavy atom. The highest BCUT2D eigenvalue weighted by Crippen LogP contribution is 2.24. The van der Waals surface area contributed by atoms with Crippen LogP contribution in [0, 0.1) is 0 Å². The number of aryl methyl sites for hydroxylation is 1. The summed E-state index contributed by atoms with van der Waals surface area (Å²) in [5.74, 6) is 0. The molecule has 3 aromatic rings. The molecule has 0 amide bonds. The first kappa shape index (κ1) is 16.3. The van der Waals surface area contributed by atoms with E-state index in [2.05, 4.69) is 39.2 Å². The highest BCUT2D eigenvalue weighted by molar-refractivity contribution is 5.57. The lowest BCUT2D eigenvalue weighted by molar-refractivity contribution is 0.228. The normalized spacial score (nSPS) is 12.3. The fourth-order valence-corrected chi connectivity index (χ4v) is 2.83. The van der Waals surface area contributed by atoms with Crippen LogP contribution < -0.4 is 4.90 Å². The van der Waals surface area contributed by atoms with Crippen molar-refractivity contribution in [3.05, 3.63) is 54.7 Å². The lowest BCUT2D eigenvalue weighted by Gasteiger charge is -2.19. The molecule has 0 fully saturated rings. The highest BCUT2D eigenvalue weighted by atomic mass is 16.3. The van der Waals surface area contributed by atoms with E-state index in [0.717, 1.165) is 23.4 Å². The van der Waals surface area contributed by atoms with E-state index in [9.17, 15) is 5.11 Å². The molecule has 2 aromatic heterocycles. The van der Waals surface area contributed by atoms with Gasteiger partial charge in [-0.25, -0.2) is 4.98 Å². The predicted octanol–water partition coefficient (Wildman–Crippen LogP) is 2.13. The molecule has 0 saturated heterocycles. The molecule has 0 bridgehead atoms. The molecule has 0 saturated carbocycles. The van der Waals surface area contributed by atoms with Crippen LogP contribution in [0.1, 0.15) is 11.6 Å². The van der Waals surface area contributed by atoms with Gasteiger partial charge in [-0.2, -0.15) is 5.10 Å². The summed E-state index contributed by atoms with van der Waals surface area (Å²) in [5.41, 5.74) is 4.31. The molecule has 0 spiro atoms. The fourth-order valence-electron chi connectivity index (χ4n) is 2.83. The van der Waals surface area contributed by atoms with Crippen LogP contribution in [0.4, 0.5) is 5.69 Å². The van der Waals surface area contributed by atoms with Gasteiger partial charge >= 0.3 is 0 Å². The summed E-state index contributed by atoms with van der Waals surface area (Å²) in [7, 11) is 5.94. The summed E-state index contributed by atoms with van der Waals surface area (Å²) in [6, 6.07) is 8.35. The molecule has 3 rings (SSSR count). The predicted molar refractivity (Wildman–Crippen MR) is 95.0 cm³/mol.